The molecule has 7 heteroatoms. The van der Waals surface area contributed by atoms with Crippen LogP contribution in [0.4, 0.5) is 13.2 Å². The highest BCUT2D eigenvalue weighted by atomic mass is 32.1. The van der Waals surface area contributed by atoms with E-state index in [4.69, 9.17) is 4.74 Å². The number of carbonyl (C=O) groups is 1. The molecule has 2 rings (SSSR count). The normalized spacial score (nSPS) is 21.8. The summed E-state index contributed by atoms with van der Waals surface area (Å²) in [7, 11) is 0. The highest BCUT2D eigenvalue weighted by Crippen LogP contribution is 2.38. The van der Waals surface area contributed by atoms with Crippen LogP contribution < -0.4 is 10.1 Å². The third kappa shape index (κ3) is 3.20. The van der Waals surface area contributed by atoms with E-state index in [-0.39, 0.29) is 18.7 Å². The van der Waals surface area contributed by atoms with Crippen molar-refractivity contribution in [3.8, 4) is 5.75 Å². The molecule has 0 spiro atoms. The fourth-order valence-corrected chi connectivity index (χ4v) is 2.30. The molecule has 1 amide bonds. The van der Waals surface area contributed by atoms with E-state index in [2.05, 4.69) is 17.9 Å². The molecule has 0 saturated carbocycles. The Morgan fingerprint density at radius 1 is 1.40 bits per heavy atom. The Morgan fingerprint density at radius 3 is 2.75 bits per heavy atom. The molecule has 1 aromatic rings. The maximum Gasteiger partial charge on any atom is 0.426 e. The van der Waals surface area contributed by atoms with E-state index in [0.717, 1.165) is 0 Å². The van der Waals surface area contributed by atoms with Crippen LogP contribution in [0.15, 0.2) is 24.3 Å². The van der Waals surface area contributed by atoms with Crippen LogP contribution in [0.3, 0.4) is 0 Å². The topological polar surface area (TPSA) is 38.3 Å². The van der Waals surface area contributed by atoms with Gasteiger partial charge in [0.2, 0.25) is 12.0 Å². The SMILES string of the molecule is O=C(NCCS)[C@@H]1Cc2ccccc2O[C@H]1C(F)(F)F. The van der Waals surface area contributed by atoms with Crippen molar-refractivity contribution < 1.29 is 22.7 Å². The second-order valence-corrected chi connectivity index (χ2v) is 4.96. The fraction of sp³-hybridized carbons (Fsp3) is 0.462. The van der Waals surface area contributed by atoms with Crippen molar-refractivity contribution in [2.75, 3.05) is 12.3 Å². The van der Waals surface area contributed by atoms with Crippen LogP contribution in [0.25, 0.3) is 0 Å². The van der Waals surface area contributed by atoms with E-state index in [1.54, 1.807) is 18.2 Å². The second kappa shape index (κ2) is 5.95. The molecule has 0 unspecified atom stereocenters. The summed E-state index contributed by atoms with van der Waals surface area (Å²) in [5.41, 5.74) is 0.610. The second-order valence-electron chi connectivity index (χ2n) is 4.51. The minimum atomic E-state index is -4.59. The van der Waals surface area contributed by atoms with E-state index in [1.807, 2.05) is 0 Å². The van der Waals surface area contributed by atoms with E-state index >= 15 is 0 Å². The maximum absolute atomic E-state index is 13.0. The molecule has 1 N–H and O–H groups in total. The summed E-state index contributed by atoms with van der Waals surface area (Å²) in [4.78, 5) is 11.9. The van der Waals surface area contributed by atoms with Crippen LogP contribution in [0.2, 0.25) is 0 Å². The van der Waals surface area contributed by atoms with E-state index in [9.17, 15) is 18.0 Å². The smallest absolute Gasteiger partial charge is 0.426 e. The predicted molar refractivity (Wildman–Crippen MR) is 71.0 cm³/mol. The summed E-state index contributed by atoms with van der Waals surface area (Å²) in [6, 6.07) is 6.46. The van der Waals surface area contributed by atoms with E-state index in [1.165, 1.54) is 6.07 Å². The Morgan fingerprint density at radius 2 is 2.10 bits per heavy atom. The van der Waals surface area contributed by atoms with Gasteiger partial charge in [-0.2, -0.15) is 25.8 Å². The van der Waals surface area contributed by atoms with E-state index in [0.29, 0.717) is 11.3 Å². The Bertz CT molecular complexity index is 493. The average molecular weight is 305 g/mol. The van der Waals surface area contributed by atoms with Gasteiger partial charge >= 0.3 is 6.18 Å². The summed E-state index contributed by atoms with van der Waals surface area (Å²) >= 11 is 3.92. The number of alkyl halides is 3. The van der Waals surface area contributed by atoms with Gasteiger partial charge in [0.05, 0.1) is 5.92 Å². The summed E-state index contributed by atoms with van der Waals surface area (Å²) in [6.07, 6.45) is -6.69. The number of rotatable bonds is 3. The zero-order valence-corrected chi connectivity index (χ0v) is 11.4. The van der Waals surface area contributed by atoms with Crippen LogP contribution in [0, 0.1) is 5.92 Å². The van der Waals surface area contributed by atoms with Crippen LogP contribution in [0.5, 0.6) is 5.75 Å². The lowest BCUT2D eigenvalue weighted by Crippen LogP contribution is -2.51. The van der Waals surface area contributed by atoms with Crippen molar-refractivity contribution in [1.82, 2.24) is 5.32 Å². The summed E-state index contributed by atoms with van der Waals surface area (Å²) < 4.78 is 44.1. The number of carbonyl (C=O) groups excluding carboxylic acids is 1. The predicted octanol–water partition coefficient (Wildman–Crippen LogP) is 2.21. The lowest BCUT2D eigenvalue weighted by Gasteiger charge is -2.33. The summed E-state index contributed by atoms with van der Waals surface area (Å²) in [6.45, 7) is 0.227. The van der Waals surface area contributed by atoms with Gasteiger partial charge in [0.15, 0.2) is 0 Å². The molecule has 110 valence electrons. The molecule has 1 aromatic carbocycles. The number of para-hydroxylation sites is 1. The average Bonchev–Trinajstić information content (AvgIpc) is 2.42. The number of benzene rings is 1. The van der Waals surface area contributed by atoms with Gasteiger partial charge in [-0.25, -0.2) is 0 Å². The number of amides is 1. The van der Waals surface area contributed by atoms with Gasteiger partial charge in [-0.05, 0) is 18.1 Å². The Hall–Kier alpha value is -1.37. The molecule has 1 heterocycles. The van der Waals surface area contributed by atoms with Gasteiger partial charge in [-0.3, -0.25) is 4.79 Å². The molecule has 1 aliphatic rings. The largest absolute Gasteiger partial charge is 0.480 e. The summed E-state index contributed by atoms with van der Waals surface area (Å²) in [5, 5.41) is 2.44. The van der Waals surface area contributed by atoms with Crippen LogP contribution >= 0.6 is 12.6 Å². The van der Waals surface area contributed by atoms with Crippen molar-refractivity contribution in [2.45, 2.75) is 18.7 Å². The molecule has 3 nitrogen and oxygen atoms in total. The molecule has 0 saturated heterocycles. The first-order valence-corrected chi connectivity index (χ1v) is 6.76. The highest BCUT2D eigenvalue weighted by molar-refractivity contribution is 7.80. The summed E-state index contributed by atoms with van der Waals surface area (Å²) in [5.74, 6) is -1.37. The number of hydrogen-bond acceptors (Lipinski definition) is 3. The Labute approximate surface area is 119 Å². The quantitative estimate of drug-likeness (QED) is 0.840. The standard InChI is InChI=1S/C13H14F3NO2S/c14-13(15,16)11-9(12(18)17-5-6-20)7-8-3-1-2-4-10(8)19-11/h1-4,9,11,20H,5-7H2,(H,17,18)/t9-,11-/m1/s1. The molecular formula is C13H14F3NO2S. The number of ether oxygens (including phenoxy) is 1. The molecule has 0 bridgehead atoms. The third-order valence-electron chi connectivity index (χ3n) is 3.10. The van der Waals surface area contributed by atoms with Gasteiger partial charge in [-0.15, -0.1) is 0 Å². The molecule has 2 atom stereocenters. The van der Waals surface area contributed by atoms with Gasteiger partial charge in [-0.1, -0.05) is 18.2 Å². The number of thiol groups is 1. The van der Waals surface area contributed by atoms with Crippen LogP contribution in [-0.2, 0) is 11.2 Å². The molecular weight excluding hydrogens is 291 g/mol. The van der Waals surface area contributed by atoms with Gasteiger partial charge in [0, 0.05) is 12.3 Å². The number of nitrogens with one attached hydrogen (secondary N) is 1. The first kappa shape index (κ1) is 15.0. The van der Waals surface area contributed by atoms with Gasteiger partial charge in [0.1, 0.15) is 5.75 Å². The van der Waals surface area contributed by atoms with Crippen LogP contribution in [0.1, 0.15) is 5.56 Å². The number of halogens is 3. The minimum absolute atomic E-state index is 0.0127. The van der Waals surface area contributed by atoms with Crippen molar-refractivity contribution in [3.05, 3.63) is 29.8 Å². The Kier molecular flexibility index (Phi) is 4.47. The minimum Gasteiger partial charge on any atom is -0.480 e. The first-order valence-electron chi connectivity index (χ1n) is 6.13. The third-order valence-corrected chi connectivity index (χ3v) is 3.33. The first-order chi connectivity index (χ1) is 9.43. The molecule has 1 aliphatic heterocycles. The monoisotopic (exact) mass is 305 g/mol. The lowest BCUT2D eigenvalue weighted by atomic mass is 9.89. The molecule has 0 radical (unpaired) electrons. The van der Waals surface area contributed by atoms with Crippen molar-refractivity contribution in [3.63, 3.8) is 0 Å². The Balaban J connectivity index is 2.26. The van der Waals surface area contributed by atoms with Gasteiger partial charge in [0.25, 0.3) is 0 Å². The molecule has 0 aliphatic carbocycles. The van der Waals surface area contributed by atoms with E-state index < -0.39 is 24.1 Å². The zero-order chi connectivity index (χ0) is 14.8. The number of fused-ring (bicyclic) bond motifs is 1. The number of hydrogen-bond donors (Lipinski definition) is 2. The maximum atomic E-state index is 13.0. The molecule has 0 fully saturated rings. The molecule has 0 aromatic heterocycles. The van der Waals surface area contributed by atoms with Crippen molar-refractivity contribution >= 4 is 18.5 Å². The highest BCUT2D eigenvalue weighted by Gasteiger charge is 2.51. The molecule has 20 heavy (non-hydrogen) atoms. The van der Waals surface area contributed by atoms with Crippen LogP contribution in [-0.4, -0.2) is 30.5 Å². The van der Waals surface area contributed by atoms with Gasteiger partial charge < -0.3 is 10.1 Å². The van der Waals surface area contributed by atoms with Crippen molar-refractivity contribution in [2.24, 2.45) is 5.92 Å². The zero-order valence-electron chi connectivity index (χ0n) is 10.5. The lowest BCUT2D eigenvalue weighted by molar-refractivity contribution is -0.213. The van der Waals surface area contributed by atoms with Crippen molar-refractivity contribution in [1.29, 1.82) is 0 Å². The fourth-order valence-electron chi connectivity index (χ4n) is 2.19.